The van der Waals surface area contributed by atoms with Crippen LogP contribution in [0.5, 0.6) is 0 Å². The van der Waals surface area contributed by atoms with Gasteiger partial charge in [0.2, 0.25) is 0 Å². The van der Waals surface area contributed by atoms with Gasteiger partial charge in [0.15, 0.2) is 0 Å². The fraction of sp³-hybridized carbons (Fsp3) is 0.292. The zero-order valence-corrected chi connectivity index (χ0v) is 18.1. The Balaban J connectivity index is 1.72. The average molecular weight is 405 g/mol. The number of hydrogen-bond acceptors (Lipinski definition) is 3. The second kappa shape index (κ2) is 8.53. The molecule has 0 radical (unpaired) electrons. The zero-order valence-electron chi connectivity index (χ0n) is 18.1. The van der Waals surface area contributed by atoms with Gasteiger partial charge in [0.05, 0.1) is 17.8 Å². The first-order valence-electron chi connectivity index (χ1n) is 9.96. The van der Waals surface area contributed by atoms with Crippen molar-refractivity contribution in [3.05, 3.63) is 82.7 Å². The van der Waals surface area contributed by atoms with Crippen molar-refractivity contribution in [1.82, 2.24) is 15.1 Å². The fourth-order valence-electron chi connectivity index (χ4n) is 3.25. The number of nitrogens with one attached hydrogen (secondary N) is 2. The molecule has 156 valence electrons. The van der Waals surface area contributed by atoms with E-state index in [-0.39, 0.29) is 17.4 Å². The molecule has 0 saturated carbocycles. The minimum Gasteiger partial charge on any atom is -0.347 e. The first kappa shape index (κ1) is 21.3. The van der Waals surface area contributed by atoms with Crippen LogP contribution in [0.2, 0.25) is 0 Å². The summed E-state index contributed by atoms with van der Waals surface area (Å²) in [6.45, 7) is 10.1. The molecule has 0 bridgehead atoms. The highest BCUT2D eigenvalue weighted by Gasteiger charge is 2.19. The Hall–Kier alpha value is -3.41. The van der Waals surface area contributed by atoms with E-state index >= 15 is 0 Å². The highest BCUT2D eigenvalue weighted by molar-refractivity contribution is 6.06. The van der Waals surface area contributed by atoms with Crippen LogP contribution < -0.4 is 10.6 Å². The van der Waals surface area contributed by atoms with Crippen LogP contribution in [-0.2, 0) is 6.54 Å². The maximum Gasteiger partial charge on any atom is 0.259 e. The number of hydrogen-bond donors (Lipinski definition) is 2. The summed E-state index contributed by atoms with van der Waals surface area (Å²) in [5.74, 6) is -0.356. The van der Waals surface area contributed by atoms with Gasteiger partial charge in [-0.25, -0.2) is 0 Å². The van der Waals surface area contributed by atoms with Crippen LogP contribution in [0.25, 0.3) is 0 Å². The Labute approximate surface area is 177 Å². The number of amides is 2. The van der Waals surface area contributed by atoms with E-state index in [0.717, 1.165) is 11.3 Å². The number of benzene rings is 2. The first-order chi connectivity index (χ1) is 14.1. The number of anilines is 1. The van der Waals surface area contributed by atoms with Gasteiger partial charge >= 0.3 is 0 Å². The molecule has 1 heterocycles. The molecule has 30 heavy (non-hydrogen) atoms. The van der Waals surface area contributed by atoms with Crippen LogP contribution in [0.3, 0.4) is 0 Å². The lowest BCUT2D eigenvalue weighted by atomic mass is 10.1. The summed E-state index contributed by atoms with van der Waals surface area (Å²) in [4.78, 5) is 25.1. The number of aryl methyl sites for hydroxylation is 1. The van der Waals surface area contributed by atoms with Gasteiger partial charge in [0.25, 0.3) is 11.8 Å². The average Bonchev–Trinajstić information content (AvgIpc) is 2.95. The van der Waals surface area contributed by atoms with Crippen molar-refractivity contribution < 1.29 is 9.59 Å². The van der Waals surface area contributed by atoms with Gasteiger partial charge in [0, 0.05) is 22.5 Å². The smallest absolute Gasteiger partial charge is 0.259 e. The Kier molecular flexibility index (Phi) is 6.06. The second-order valence-electron chi connectivity index (χ2n) is 8.42. The standard InChI is InChI=1S/C24H28N4O2/c1-16-21(17(2)28(27-16)15-18-9-7-6-8-10-18)23(30)25-20-13-11-19(12-14-20)22(29)26-24(3,4)5/h6-14H,15H2,1-5H3,(H,25,30)(H,26,29). The van der Waals surface area contributed by atoms with E-state index in [1.54, 1.807) is 24.3 Å². The predicted molar refractivity (Wildman–Crippen MR) is 119 cm³/mol. The lowest BCUT2D eigenvalue weighted by Gasteiger charge is -2.20. The minimum absolute atomic E-state index is 0.144. The molecule has 0 saturated heterocycles. The first-order valence-corrected chi connectivity index (χ1v) is 9.96. The zero-order chi connectivity index (χ0) is 21.9. The maximum absolute atomic E-state index is 12.9. The number of carbonyl (C=O) groups excluding carboxylic acids is 2. The molecular formula is C24H28N4O2. The number of nitrogens with zero attached hydrogens (tertiary/aromatic N) is 2. The van der Waals surface area contributed by atoms with E-state index in [9.17, 15) is 9.59 Å². The molecule has 2 aromatic carbocycles. The third-order valence-corrected chi connectivity index (χ3v) is 4.68. The van der Waals surface area contributed by atoms with Crippen LogP contribution in [0.15, 0.2) is 54.6 Å². The van der Waals surface area contributed by atoms with Crippen molar-refractivity contribution in [1.29, 1.82) is 0 Å². The van der Waals surface area contributed by atoms with E-state index in [0.29, 0.717) is 29.1 Å². The van der Waals surface area contributed by atoms with Crippen molar-refractivity contribution >= 4 is 17.5 Å². The van der Waals surface area contributed by atoms with Crippen LogP contribution >= 0.6 is 0 Å². The van der Waals surface area contributed by atoms with Gasteiger partial charge in [-0.3, -0.25) is 14.3 Å². The molecular weight excluding hydrogens is 376 g/mol. The van der Waals surface area contributed by atoms with E-state index < -0.39 is 0 Å². The van der Waals surface area contributed by atoms with Crippen LogP contribution in [0, 0.1) is 13.8 Å². The van der Waals surface area contributed by atoms with E-state index in [2.05, 4.69) is 15.7 Å². The fourth-order valence-corrected chi connectivity index (χ4v) is 3.25. The largest absolute Gasteiger partial charge is 0.347 e. The van der Waals surface area contributed by atoms with Crippen LogP contribution in [-0.4, -0.2) is 27.1 Å². The third-order valence-electron chi connectivity index (χ3n) is 4.68. The van der Waals surface area contributed by atoms with Crippen LogP contribution in [0.4, 0.5) is 5.69 Å². The van der Waals surface area contributed by atoms with Gasteiger partial charge in [0.1, 0.15) is 0 Å². The lowest BCUT2D eigenvalue weighted by molar-refractivity contribution is 0.0919. The summed E-state index contributed by atoms with van der Waals surface area (Å²) in [5.41, 5.74) is 4.06. The molecule has 0 aliphatic carbocycles. The molecule has 1 aromatic heterocycles. The Bertz CT molecular complexity index is 1050. The molecule has 0 aliphatic heterocycles. The Morgan fingerprint density at radius 3 is 2.17 bits per heavy atom. The molecule has 0 spiro atoms. The van der Waals surface area contributed by atoms with Crippen molar-refractivity contribution in [2.45, 2.75) is 46.7 Å². The molecule has 3 aromatic rings. The predicted octanol–water partition coefficient (Wildman–Crippen LogP) is 4.33. The van der Waals surface area contributed by atoms with Gasteiger partial charge in [-0.2, -0.15) is 5.10 Å². The summed E-state index contributed by atoms with van der Waals surface area (Å²) in [5, 5.41) is 10.4. The summed E-state index contributed by atoms with van der Waals surface area (Å²) in [6.07, 6.45) is 0. The normalized spacial score (nSPS) is 11.2. The van der Waals surface area contributed by atoms with Gasteiger partial charge in [-0.1, -0.05) is 30.3 Å². The Morgan fingerprint density at radius 1 is 0.933 bits per heavy atom. The second-order valence-corrected chi connectivity index (χ2v) is 8.42. The SMILES string of the molecule is Cc1nn(Cc2ccccc2)c(C)c1C(=O)Nc1ccc(C(=O)NC(C)(C)C)cc1. The molecule has 0 atom stereocenters. The molecule has 6 heteroatoms. The molecule has 6 nitrogen and oxygen atoms in total. The molecule has 0 aliphatic rings. The quantitative estimate of drug-likeness (QED) is 0.665. The number of aromatic nitrogens is 2. The van der Waals surface area contributed by atoms with Crippen molar-refractivity contribution in [3.8, 4) is 0 Å². The Morgan fingerprint density at radius 2 is 1.57 bits per heavy atom. The van der Waals surface area contributed by atoms with E-state index in [4.69, 9.17) is 0 Å². The number of carbonyl (C=O) groups is 2. The molecule has 0 unspecified atom stereocenters. The van der Waals surface area contributed by atoms with Crippen molar-refractivity contribution in [3.63, 3.8) is 0 Å². The summed E-state index contributed by atoms with van der Waals surface area (Å²) in [7, 11) is 0. The molecule has 0 fully saturated rings. The molecule has 2 amide bonds. The monoisotopic (exact) mass is 404 g/mol. The highest BCUT2D eigenvalue weighted by Crippen LogP contribution is 2.18. The number of rotatable bonds is 5. The topological polar surface area (TPSA) is 76.0 Å². The molecule has 3 rings (SSSR count). The minimum atomic E-state index is -0.307. The lowest BCUT2D eigenvalue weighted by Crippen LogP contribution is -2.40. The molecule has 2 N–H and O–H groups in total. The van der Waals surface area contributed by atoms with E-state index in [1.165, 1.54) is 0 Å². The van der Waals surface area contributed by atoms with Gasteiger partial charge in [-0.15, -0.1) is 0 Å². The summed E-state index contributed by atoms with van der Waals surface area (Å²) >= 11 is 0. The van der Waals surface area contributed by atoms with Crippen molar-refractivity contribution in [2.24, 2.45) is 0 Å². The summed E-state index contributed by atoms with van der Waals surface area (Å²) in [6, 6.07) is 16.9. The van der Waals surface area contributed by atoms with E-state index in [1.807, 2.05) is 69.6 Å². The van der Waals surface area contributed by atoms with Gasteiger partial charge in [-0.05, 0) is 64.4 Å². The summed E-state index contributed by atoms with van der Waals surface area (Å²) < 4.78 is 1.85. The third kappa shape index (κ3) is 5.14. The van der Waals surface area contributed by atoms with Gasteiger partial charge < -0.3 is 10.6 Å². The highest BCUT2D eigenvalue weighted by atomic mass is 16.2. The van der Waals surface area contributed by atoms with Crippen molar-refractivity contribution in [2.75, 3.05) is 5.32 Å². The van der Waals surface area contributed by atoms with Crippen LogP contribution in [0.1, 0.15) is 58.4 Å². The maximum atomic E-state index is 12.9.